The summed E-state index contributed by atoms with van der Waals surface area (Å²) in [4.78, 5) is 0. The standard InChI is InChI=1S/C9H6Cl3N2S/c1-2-5-3-7(10)13-14(5)6-4-8(11)15-9(6)12/h3H,2H2,1H3. The van der Waals surface area contributed by atoms with Crippen LogP contribution in [0.15, 0.2) is 6.07 Å². The molecular weight excluding hydrogens is 275 g/mol. The molecule has 0 atom stereocenters. The van der Waals surface area contributed by atoms with Gasteiger partial charge in [0.2, 0.25) is 0 Å². The summed E-state index contributed by atoms with van der Waals surface area (Å²) in [6, 6.07) is 4.75. The highest BCUT2D eigenvalue weighted by molar-refractivity contribution is 7.20. The summed E-state index contributed by atoms with van der Waals surface area (Å²) >= 11 is 18.9. The van der Waals surface area contributed by atoms with Crippen molar-refractivity contribution in [2.24, 2.45) is 0 Å². The number of thiophene rings is 1. The van der Waals surface area contributed by atoms with Crippen molar-refractivity contribution in [1.29, 1.82) is 0 Å². The van der Waals surface area contributed by atoms with Crippen LogP contribution in [-0.2, 0) is 6.42 Å². The molecule has 0 amide bonds. The predicted molar refractivity (Wildman–Crippen MR) is 64.7 cm³/mol. The van der Waals surface area contributed by atoms with Gasteiger partial charge in [0.05, 0.1) is 0 Å². The van der Waals surface area contributed by atoms with E-state index in [0.29, 0.717) is 19.5 Å². The summed E-state index contributed by atoms with van der Waals surface area (Å²) in [5.74, 6) is 0. The fourth-order valence-corrected chi connectivity index (χ4v) is 2.80. The van der Waals surface area contributed by atoms with Gasteiger partial charge in [-0.3, -0.25) is 0 Å². The molecule has 2 nitrogen and oxygen atoms in total. The Morgan fingerprint density at radius 3 is 2.73 bits per heavy atom. The van der Waals surface area contributed by atoms with E-state index in [0.717, 1.165) is 12.1 Å². The third kappa shape index (κ3) is 2.16. The molecule has 0 aliphatic rings. The van der Waals surface area contributed by atoms with Crippen LogP contribution in [0.2, 0.25) is 13.8 Å². The lowest BCUT2D eigenvalue weighted by Crippen LogP contribution is -2.00. The van der Waals surface area contributed by atoms with Gasteiger partial charge >= 0.3 is 0 Å². The molecule has 0 saturated carbocycles. The van der Waals surface area contributed by atoms with E-state index in [9.17, 15) is 0 Å². The number of aromatic nitrogens is 2. The zero-order valence-corrected chi connectivity index (χ0v) is 10.8. The Bertz CT molecular complexity index is 490. The first-order chi connectivity index (χ1) is 7.11. The Hall–Kier alpha value is -0.220. The van der Waals surface area contributed by atoms with E-state index >= 15 is 0 Å². The van der Waals surface area contributed by atoms with Gasteiger partial charge in [-0.25, -0.2) is 4.68 Å². The number of rotatable bonds is 2. The van der Waals surface area contributed by atoms with Crippen molar-refractivity contribution in [3.05, 3.63) is 31.7 Å². The largest absolute Gasteiger partial charge is 0.233 e. The van der Waals surface area contributed by atoms with Gasteiger partial charge in [0.1, 0.15) is 14.4 Å². The molecule has 0 spiro atoms. The van der Waals surface area contributed by atoms with Crippen LogP contribution < -0.4 is 0 Å². The van der Waals surface area contributed by atoms with Gasteiger partial charge < -0.3 is 0 Å². The highest BCUT2D eigenvalue weighted by Gasteiger charge is 2.13. The van der Waals surface area contributed by atoms with Crippen molar-refractivity contribution in [2.75, 3.05) is 0 Å². The summed E-state index contributed by atoms with van der Waals surface area (Å²) in [6.07, 6.45) is 0.817. The third-order valence-electron chi connectivity index (χ3n) is 1.91. The van der Waals surface area contributed by atoms with Crippen LogP contribution in [-0.4, -0.2) is 9.78 Å². The Morgan fingerprint density at radius 1 is 1.47 bits per heavy atom. The van der Waals surface area contributed by atoms with Gasteiger partial charge in [0.15, 0.2) is 5.15 Å². The monoisotopic (exact) mass is 279 g/mol. The first kappa shape index (κ1) is 11.3. The zero-order valence-electron chi connectivity index (χ0n) is 7.72. The van der Waals surface area contributed by atoms with E-state index in [-0.39, 0.29) is 0 Å². The van der Waals surface area contributed by atoms with Crippen LogP contribution >= 0.6 is 46.1 Å². The van der Waals surface area contributed by atoms with E-state index in [1.54, 1.807) is 10.7 Å². The molecule has 2 aromatic heterocycles. The summed E-state index contributed by atoms with van der Waals surface area (Å²) in [5.41, 5.74) is 1.64. The highest BCUT2D eigenvalue weighted by Crippen LogP contribution is 2.34. The molecule has 0 aliphatic heterocycles. The molecule has 2 aromatic rings. The van der Waals surface area contributed by atoms with Gasteiger partial charge in [-0.1, -0.05) is 41.7 Å². The minimum absolute atomic E-state index is 0.443. The molecule has 0 N–H and O–H groups in total. The molecule has 6 heteroatoms. The van der Waals surface area contributed by atoms with Crippen LogP contribution in [0.4, 0.5) is 0 Å². The Kier molecular flexibility index (Phi) is 3.26. The number of hydrogen-bond donors (Lipinski definition) is 0. The minimum atomic E-state index is 0.443. The first-order valence-corrected chi connectivity index (χ1v) is 6.18. The lowest BCUT2D eigenvalue weighted by molar-refractivity contribution is 0.816. The average Bonchev–Trinajstić information content (AvgIpc) is 2.69. The van der Waals surface area contributed by atoms with E-state index in [2.05, 4.69) is 11.2 Å². The second-order valence-corrected chi connectivity index (χ2v) is 5.46. The van der Waals surface area contributed by atoms with Gasteiger partial charge in [0, 0.05) is 11.8 Å². The molecular formula is C9H6Cl3N2S. The van der Waals surface area contributed by atoms with Crippen LogP contribution in [0, 0.1) is 6.07 Å². The predicted octanol–water partition coefficient (Wildman–Crippen LogP) is 4.26. The Labute approximate surface area is 106 Å². The summed E-state index contributed by atoms with van der Waals surface area (Å²) in [7, 11) is 0. The van der Waals surface area contributed by atoms with Gasteiger partial charge in [-0.15, -0.1) is 11.3 Å². The maximum absolute atomic E-state index is 6.02. The van der Waals surface area contributed by atoms with Crippen LogP contribution in [0.25, 0.3) is 5.69 Å². The quantitative estimate of drug-likeness (QED) is 0.804. The molecule has 2 heterocycles. The zero-order chi connectivity index (χ0) is 11.0. The van der Waals surface area contributed by atoms with Crippen molar-refractivity contribution in [3.63, 3.8) is 0 Å². The van der Waals surface area contributed by atoms with Crippen molar-refractivity contribution in [2.45, 2.75) is 13.3 Å². The Morgan fingerprint density at radius 2 is 2.20 bits per heavy atom. The molecule has 0 aliphatic carbocycles. The van der Waals surface area contributed by atoms with Crippen LogP contribution in [0.1, 0.15) is 12.6 Å². The summed E-state index contributed by atoms with van der Waals surface area (Å²) < 4.78 is 2.76. The van der Waals surface area contributed by atoms with Crippen molar-refractivity contribution < 1.29 is 0 Å². The minimum Gasteiger partial charge on any atom is -0.233 e. The van der Waals surface area contributed by atoms with E-state index < -0.39 is 0 Å². The first-order valence-electron chi connectivity index (χ1n) is 4.23. The molecule has 0 fully saturated rings. The van der Waals surface area contributed by atoms with E-state index in [1.807, 2.05) is 6.92 Å². The number of hydrogen-bond acceptors (Lipinski definition) is 2. The average molecular weight is 281 g/mol. The normalized spacial score (nSPS) is 10.9. The summed E-state index contributed by atoms with van der Waals surface area (Å²) in [6.45, 7) is 2.02. The number of nitrogens with zero attached hydrogens (tertiary/aromatic N) is 2. The van der Waals surface area contributed by atoms with Crippen LogP contribution in [0.3, 0.4) is 0 Å². The van der Waals surface area contributed by atoms with Gasteiger partial charge in [0.25, 0.3) is 0 Å². The molecule has 15 heavy (non-hydrogen) atoms. The van der Waals surface area contributed by atoms with Crippen molar-refractivity contribution >= 4 is 46.1 Å². The molecule has 1 radical (unpaired) electrons. The lowest BCUT2D eigenvalue weighted by atomic mass is 10.3. The molecule has 0 saturated heterocycles. The van der Waals surface area contributed by atoms with Crippen molar-refractivity contribution in [1.82, 2.24) is 9.78 Å². The SMILES string of the molecule is CCc1cc(Cl)nn1-c1[c]c(Cl)sc1Cl. The number of aryl methyl sites for hydroxylation is 1. The lowest BCUT2D eigenvalue weighted by Gasteiger charge is -2.02. The van der Waals surface area contributed by atoms with Gasteiger partial charge in [-0.2, -0.15) is 5.10 Å². The number of halogens is 3. The van der Waals surface area contributed by atoms with E-state index in [4.69, 9.17) is 34.8 Å². The molecule has 2 rings (SSSR count). The summed E-state index contributed by atoms with van der Waals surface area (Å²) in [5, 5.41) is 4.58. The Balaban J connectivity index is 2.57. The molecule has 0 aromatic carbocycles. The van der Waals surface area contributed by atoms with Crippen molar-refractivity contribution in [3.8, 4) is 5.69 Å². The molecule has 79 valence electrons. The molecule has 0 unspecified atom stereocenters. The second-order valence-electron chi connectivity index (χ2n) is 2.85. The van der Waals surface area contributed by atoms with E-state index in [1.165, 1.54) is 11.3 Å². The fraction of sp³-hybridized carbons (Fsp3) is 0.222. The third-order valence-corrected chi connectivity index (χ3v) is 3.48. The highest BCUT2D eigenvalue weighted by atomic mass is 35.5. The maximum Gasteiger partial charge on any atom is 0.151 e. The fourth-order valence-electron chi connectivity index (χ4n) is 1.26. The topological polar surface area (TPSA) is 17.8 Å². The maximum atomic E-state index is 6.02. The second kappa shape index (κ2) is 4.34. The smallest absolute Gasteiger partial charge is 0.151 e. The van der Waals surface area contributed by atoms with Crippen LogP contribution in [0.5, 0.6) is 0 Å². The molecule has 0 bridgehead atoms. The van der Waals surface area contributed by atoms with Gasteiger partial charge in [-0.05, 0) is 12.5 Å².